The first-order chi connectivity index (χ1) is 9.10. The molecule has 0 aliphatic carbocycles. The summed E-state index contributed by atoms with van der Waals surface area (Å²) in [5, 5.41) is 0.695. The van der Waals surface area contributed by atoms with Gasteiger partial charge in [0.05, 0.1) is 0 Å². The van der Waals surface area contributed by atoms with Crippen LogP contribution in [0.25, 0.3) is 0 Å². The van der Waals surface area contributed by atoms with Crippen LogP contribution in [0, 0.1) is 0 Å². The Kier molecular flexibility index (Phi) is 4.97. The van der Waals surface area contributed by atoms with Gasteiger partial charge in [-0.1, -0.05) is 40.5 Å². The van der Waals surface area contributed by atoms with Crippen molar-refractivity contribution in [3.05, 3.63) is 62.8 Å². The molecule has 1 aromatic carbocycles. The summed E-state index contributed by atoms with van der Waals surface area (Å²) in [5.74, 6) is 0. The second-order valence-electron chi connectivity index (χ2n) is 4.49. The number of hydrogen-bond acceptors (Lipinski definition) is 2. The van der Waals surface area contributed by atoms with Crippen molar-refractivity contribution >= 4 is 27.5 Å². The fourth-order valence-corrected chi connectivity index (χ4v) is 2.56. The van der Waals surface area contributed by atoms with Gasteiger partial charge >= 0.3 is 0 Å². The largest absolute Gasteiger partial charge is 0.324 e. The lowest BCUT2D eigenvalue weighted by Gasteiger charge is -2.14. The van der Waals surface area contributed by atoms with Gasteiger partial charge in [0.1, 0.15) is 0 Å². The van der Waals surface area contributed by atoms with Crippen LogP contribution in [0.1, 0.15) is 29.8 Å². The number of pyridine rings is 1. The van der Waals surface area contributed by atoms with E-state index in [9.17, 15) is 0 Å². The van der Waals surface area contributed by atoms with E-state index in [-0.39, 0.29) is 6.04 Å². The van der Waals surface area contributed by atoms with Crippen molar-refractivity contribution in [2.45, 2.75) is 25.8 Å². The molecule has 1 aromatic heterocycles. The number of nitrogens with zero attached hydrogens (tertiary/aromatic N) is 1. The summed E-state index contributed by atoms with van der Waals surface area (Å²) in [6.45, 7) is 2.11. The molecule has 0 bridgehead atoms. The highest BCUT2D eigenvalue weighted by Gasteiger charge is 2.12. The molecule has 1 atom stereocenters. The number of aryl methyl sites for hydroxylation is 1. The van der Waals surface area contributed by atoms with E-state index in [0.717, 1.165) is 22.2 Å². The Morgan fingerprint density at radius 1 is 1.32 bits per heavy atom. The van der Waals surface area contributed by atoms with Crippen molar-refractivity contribution in [1.29, 1.82) is 0 Å². The molecule has 2 aromatic rings. The number of halogens is 2. The number of hydrogen-bond donors (Lipinski definition) is 1. The van der Waals surface area contributed by atoms with Gasteiger partial charge in [0.25, 0.3) is 0 Å². The van der Waals surface area contributed by atoms with Gasteiger partial charge in [0.15, 0.2) is 0 Å². The maximum atomic E-state index is 6.22. The summed E-state index contributed by atoms with van der Waals surface area (Å²) >= 11 is 9.62. The molecule has 0 fully saturated rings. The van der Waals surface area contributed by atoms with Crippen LogP contribution >= 0.6 is 27.5 Å². The van der Waals surface area contributed by atoms with E-state index < -0.39 is 0 Å². The third-order valence-electron chi connectivity index (χ3n) is 3.08. The van der Waals surface area contributed by atoms with Crippen LogP contribution in [0.4, 0.5) is 0 Å². The van der Waals surface area contributed by atoms with Crippen LogP contribution in [0.15, 0.2) is 41.0 Å². The zero-order valence-corrected chi connectivity index (χ0v) is 13.1. The Labute approximate surface area is 127 Å². The standard InChI is InChI=1S/C15H16BrClN2/c1-2-10-3-5-12(19-9-10)8-15(18)13-7-11(16)4-6-14(13)17/h3-7,9,15H,2,8,18H2,1H3. The highest BCUT2D eigenvalue weighted by atomic mass is 79.9. The maximum Gasteiger partial charge on any atom is 0.0454 e. The monoisotopic (exact) mass is 338 g/mol. The zero-order valence-electron chi connectivity index (χ0n) is 10.7. The molecule has 2 nitrogen and oxygen atoms in total. The molecular weight excluding hydrogens is 324 g/mol. The smallest absolute Gasteiger partial charge is 0.0454 e. The molecule has 4 heteroatoms. The normalized spacial score (nSPS) is 12.4. The lowest BCUT2D eigenvalue weighted by atomic mass is 10.0. The van der Waals surface area contributed by atoms with Crippen molar-refractivity contribution in [3.63, 3.8) is 0 Å². The number of nitrogens with two attached hydrogens (primary N) is 1. The van der Waals surface area contributed by atoms with Gasteiger partial charge in [-0.25, -0.2) is 0 Å². The summed E-state index contributed by atoms with van der Waals surface area (Å²) in [7, 11) is 0. The topological polar surface area (TPSA) is 38.9 Å². The van der Waals surface area contributed by atoms with Crippen LogP contribution < -0.4 is 5.73 Å². The Morgan fingerprint density at radius 3 is 2.74 bits per heavy atom. The van der Waals surface area contributed by atoms with Crippen molar-refractivity contribution in [2.24, 2.45) is 5.73 Å². The minimum absolute atomic E-state index is 0.148. The van der Waals surface area contributed by atoms with E-state index in [1.54, 1.807) is 0 Å². The second-order valence-corrected chi connectivity index (χ2v) is 5.81. The first kappa shape index (κ1) is 14.5. The van der Waals surface area contributed by atoms with Crippen molar-refractivity contribution in [3.8, 4) is 0 Å². The Morgan fingerprint density at radius 2 is 2.11 bits per heavy atom. The minimum Gasteiger partial charge on any atom is -0.324 e. The summed E-state index contributed by atoms with van der Waals surface area (Å²) in [5.41, 5.74) is 9.38. The SMILES string of the molecule is CCc1ccc(CC(N)c2cc(Br)ccc2Cl)nc1. The third kappa shape index (κ3) is 3.78. The molecule has 19 heavy (non-hydrogen) atoms. The number of rotatable bonds is 4. The molecular formula is C15H16BrClN2. The van der Waals surface area contributed by atoms with Crippen LogP contribution in [-0.4, -0.2) is 4.98 Å². The molecule has 1 heterocycles. The average Bonchev–Trinajstić information content (AvgIpc) is 2.42. The van der Waals surface area contributed by atoms with E-state index in [2.05, 4.69) is 33.9 Å². The number of benzene rings is 1. The van der Waals surface area contributed by atoms with Crippen LogP contribution in [0.2, 0.25) is 5.02 Å². The van der Waals surface area contributed by atoms with Crippen LogP contribution in [0.3, 0.4) is 0 Å². The Hall–Kier alpha value is -0.900. The van der Waals surface area contributed by atoms with Gasteiger partial charge in [-0.05, 0) is 41.8 Å². The van der Waals surface area contributed by atoms with E-state index in [1.165, 1.54) is 5.56 Å². The minimum atomic E-state index is -0.148. The fraction of sp³-hybridized carbons (Fsp3) is 0.267. The van der Waals surface area contributed by atoms with Gasteiger partial charge < -0.3 is 5.73 Å². The highest BCUT2D eigenvalue weighted by molar-refractivity contribution is 9.10. The Balaban J connectivity index is 2.15. The zero-order chi connectivity index (χ0) is 13.8. The number of aromatic nitrogens is 1. The molecule has 100 valence electrons. The summed E-state index contributed by atoms with van der Waals surface area (Å²) in [4.78, 5) is 4.43. The molecule has 0 aliphatic heterocycles. The summed E-state index contributed by atoms with van der Waals surface area (Å²) in [6, 6.07) is 9.71. The van der Waals surface area contributed by atoms with E-state index >= 15 is 0 Å². The first-order valence-corrected chi connectivity index (χ1v) is 7.41. The molecule has 0 spiro atoms. The third-order valence-corrected chi connectivity index (χ3v) is 3.92. The van der Waals surface area contributed by atoms with Gasteiger partial charge in [0.2, 0.25) is 0 Å². The lowest BCUT2D eigenvalue weighted by molar-refractivity contribution is 0.705. The molecule has 0 radical (unpaired) electrons. The second kappa shape index (κ2) is 6.51. The fourth-order valence-electron chi connectivity index (χ4n) is 1.92. The molecule has 0 aliphatic rings. The van der Waals surface area contributed by atoms with Gasteiger partial charge in [-0.15, -0.1) is 0 Å². The lowest BCUT2D eigenvalue weighted by Crippen LogP contribution is -2.14. The Bertz CT molecular complexity index is 555. The van der Waals surface area contributed by atoms with Crippen molar-refractivity contribution < 1.29 is 0 Å². The highest BCUT2D eigenvalue weighted by Crippen LogP contribution is 2.27. The molecule has 0 saturated heterocycles. The van der Waals surface area contributed by atoms with Crippen LogP contribution in [0.5, 0.6) is 0 Å². The molecule has 2 rings (SSSR count). The average molecular weight is 340 g/mol. The molecule has 1 unspecified atom stereocenters. The molecule has 0 saturated carbocycles. The molecule has 0 amide bonds. The predicted molar refractivity (Wildman–Crippen MR) is 83.4 cm³/mol. The van der Waals surface area contributed by atoms with E-state index in [4.69, 9.17) is 17.3 Å². The maximum absolute atomic E-state index is 6.22. The van der Waals surface area contributed by atoms with Crippen molar-refractivity contribution in [2.75, 3.05) is 0 Å². The summed E-state index contributed by atoms with van der Waals surface area (Å²) < 4.78 is 0.983. The van der Waals surface area contributed by atoms with Gasteiger partial charge in [-0.2, -0.15) is 0 Å². The van der Waals surface area contributed by atoms with E-state index in [0.29, 0.717) is 11.4 Å². The first-order valence-electron chi connectivity index (χ1n) is 6.24. The van der Waals surface area contributed by atoms with Crippen molar-refractivity contribution in [1.82, 2.24) is 4.98 Å². The van der Waals surface area contributed by atoms with Gasteiger partial charge in [0, 0.05) is 33.8 Å². The molecule has 2 N–H and O–H groups in total. The van der Waals surface area contributed by atoms with Crippen LogP contribution in [-0.2, 0) is 12.8 Å². The van der Waals surface area contributed by atoms with E-state index in [1.807, 2.05) is 30.5 Å². The quantitative estimate of drug-likeness (QED) is 0.902. The van der Waals surface area contributed by atoms with Gasteiger partial charge in [-0.3, -0.25) is 4.98 Å². The summed E-state index contributed by atoms with van der Waals surface area (Å²) in [6.07, 6.45) is 3.58. The predicted octanol–water partition coefficient (Wildman–Crippen LogP) is 4.30.